The van der Waals surface area contributed by atoms with Crippen molar-refractivity contribution in [2.24, 2.45) is 0 Å². The highest BCUT2D eigenvalue weighted by Gasteiger charge is 2.28. The average molecular weight is 673 g/mol. The summed E-state index contributed by atoms with van der Waals surface area (Å²) in [5.41, 5.74) is 11.4. The van der Waals surface area contributed by atoms with Crippen LogP contribution in [-0.2, 0) is 0 Å². The van der Waals surface area contributed by atoms with E-state index in [1.54, 1.807) is 0 Å². The number of aromatic nitrogens is 3. The lowest BCUT2D eigenvalue weighted by atomic mass is 10.0. The van der Waals surface area contributed by atoms with E-state index < -0.39 is 0 Å². The van der Waals surface area contributed by atoms with E-state index in [1.165, 1.54) is 75.8 Å². The Kier molecular flexibility index (Phi) is 5.08. The number of nitrogens with zero attached hydrogens (tertiary/aromatic N) is 4. The van der Waals surface area contributed by atoms with Crippen molar-refractivity contribution in [2.45, 2.75) is 0 Å². The van der Waals surface area contributed by atoms with Crippen LogP contribution in [-0.4, -0.2) is 13.8 Å². The molecule has 0 spiro atoms. The summed E-state index contributed by atoms with van der Waals surface area (Å²) < 4.78 is 4.94. The molecule has 13 aromatic rings. The van der Waals surface area contributed by atoms with Gasteiger partial charge in [0.15, 0.2) is 0 Å². The molecule has 0 bridgehead atoms. The maximum Gasteiger partial charge on any atom is 0.146 e. The Morgan fingerprint density at radius 2 is 0.962 bits per heavy atom. The molecule has 5 heterocycles. The fourth-order valence-corrected chi connectivity index (χ4v) is 9.58. The number of fused-ring (bicyclic) bond motifs is 15. The largest absolute Gasteiger partial charge is 0.308 e. The summed E-state index contributed by atoms with van der Waals surface area (Å²) in [4.78, 5) is 8.20. The van der Waals surface area contributed by atoms with Crippen molar-refractivity contribution in [3.63, 3.8) is 0 Å². The summed E-state index contributed by atoms with van der Waals surface area (Å²) in [5.74, 6) is 0. The Balaban J connectivity index is 1.27. The number of pyridine rings is 1. The van der Waals surface area contributed by atoms with Gasteiger partial charge in [-0.25, -0.2) is 4.98 Å². The molecule has 0 aliphatic rings. The van der Waals surface area contributed by atoms with Gasteiger partial charge < -0.3 is 9.30 Å². The highest BCUT2D eigenvalue weighted by Crippen LogP contribution is 2.50. The average Bonchev–Trinajstić information content (AvgIpc) is 3.94. The van der Waals surface area contributed by atoms with Crippen LogP contribution < -0.4 is 4.90 Å². The van der Waals surface area contributed by atoms with E-state index in [0.717, 1.165) is 39.3 Å². The highest BCUT2D eigenvalue weighted by atomic mass is 15.2. The molecular formula is C49H28N4. The lowest BCUT2D eigenvalue weighted by molar-refractivity contribution is 1.26. The minimum Gasteiger partial charge on any atom is -0.308 e. The summed E-state index contributed by atoms with van der Waals surface area (Å²) in [6, 6.07) is 61.9. The number of benzene rings is 8. The van der Waals surface area contributed by atoms with Crippen LogP contribution in [0, 0.1) is 0 Å². The van der Waals surface area contributed by atoms with Gasteiger partial charge in [0, 0.05) is 54.5 Å². The van der Waals surface area contributed by atoms with E-state index in [9.17, 15) is 0 Å². The second kappa shape index (κ2) is 9.78. The minimum absolute atomic E-state index is 0.985. The van der Waals surface area contributed by atoms with Gasteiger partial charge in [0.05, 0.1) is 38.8 Å². The SMILES string of the molecule is c1ccc(N(c2ccccc2)c2c3ccccc3cc3c4cccc5c6cc7c(nc6n(c23)c54)c2cc3ccccc3c3c4ccccc4n7c23)cc1. The molecule has 13 rings (SSSR count). The molecule has 0 saturated heterocycles. The molecule has 0 N–H and O–H groups in total. The zero-order chi connectivity index (χ0) is 34.4. The van der Waals surface area contributed by atoms with Crippen LogP contribution in [0.2, 0.25) is 0 Å². The number of rotatable bonds is 3. The summed E-state index contributed by atoms with van der Waals surface area (Å²) in [5, 5.41) is 13.6. The normalized spacial score (nSPS) is 12.5. The van der Waals surface area contributed by atoms with Gasteiger partial charge in [0.25, 0.3) is 0 Å². The van der Waals surface area contributed by atoms with Crippen LogP contribution in [0.25, 0.3) is 98.0 Å². The van der Waals surface area contributed by atoms with Gasteiger partial charge >= 0.3 is 0 Å². The molecule has 4 heteroatoms. The maximum atomic E-state index is 5.77. The Morgan fingerprint density at radius 3 is 1.72 bits per heavy atom. The van der Waals surface area contributed by atoms with Crippen molar-refractivity contribution in [1.29, 1.82) is 0 Å². The monoisotopic (exact) mass is 672 g/mol. The number of para-hydroxylation sites is 4. The maximum absolute atomic E-state index is 5.77. The molecule has 8 aromatic carbocycles. The van der Waals surface area contributed by atoms with E-state index in [2.05, 4.69) is 184 Å². The predicted molar refractivity (Wildman–Crippen MR) is 223 cm³/mol. The van der Waals surface area contributed by atoms with Crippen molar-refractivity contribution >= 4 is 115 Å². The van der Waals surface area contributed by atoms with Gasteiger partial charge in [-0.1, -0.05) is 121 Å². The lowest BCUT2D eigenvalue weighted by Crippen LogP contribution is -2.11. The lowest BCUT2D eigenvalue weighted by Gasteiger charge is -2.28. The molecule has 0 unspecified atom stereocenters. The molecular weight excluding hydrogens is 645 g/mol. The highest BCUT2D eigenvalue weighted by molar-refractivity contribution is 6.33. The van der Waals surface area contributed by atoms with Crippen LogP contribution in [0.5, 0.6) is 0 Å². The topological polar surface area (TPSA) is 25.0 Å². The summed E-state index contributed by atoms with van der Waals surface area (Å²) in [7, 11) is 0. The third-order valence-electron chi connectivity index (χ3n) is 11.7. The summed E-state index contributed by atoms with van der Waals surface area (Å²) >= 11 is 0. The van der Waals surface area contributed by atoms with E-state index in [1.807, 2.05) is 0 Å². The van der Waals surface area contributed by atoms with Crippen LogP contribution in [0.3, 0.4) is 0 Å². The van der Waals surface area contributed by atoms with Crippen molar-refractivity contribution in [3.8, 4) is 0 Å². The quantitative estimate of drug-likeness (QED) is 0.187. The molecule has 0 atom stereocenters. The van der Waals surface area contributed by atoms with Crippen molar-refractivity contribution in [2.75, 3.05) is 4.90 Å². The minimum atomic E-state index is 0.985. The molecule has 0 aliphatic carbocycles. The van der Waals surface area contributed by atoms with Crippen LogP contribution in [0.1, 0.15) is 0 Å². The first-order valence-corrected chi connectivity index (χ1v) is 18.2. The Morgan fingerprint density at radius 1 is 0.377 bits per heavy atom. The molecule has 53 heavy (non-hydrogen) atoms. The van der Waals surface area contributed by atoms with Gasteiger partial charge in [-0.3, -0.25) is 4.40 Å². The van der Waals surface area contributed by atoms with Crippen LogP contribution in [0.4, 0.5) is 17.1 Å². The first-order valence-electron chi connectivity index (χ1n) is 18.2. The standard InChI is InChI=1S/C49H28N4/c1-3-16-31(17-4-1)51(32-18-5-2-6-19-32)47-34-21-10-8-15-30(34)26-38-35-23-13-24-36-39-28-42-44(50-49(39)53(45(35)36)48(38)47)40-27-29-14-7-9-20-33(29)43-37-22-11-12-25-41(37)52(42)46(40)43/h1-28H. The predicted octanol–water partition coefficient (Wildman–Crippen LogP) is 13.2. The molecule has 5 aromatic heterocycles. The zero-order valence-electron chi connectivity index (χ0n) is 28.5. The molecule has 244 valence electrons. The fraction of sp³-hybridized carbons (Fsp3) is 0. The Hall–Kier alpha value is -7.17. The molecule has 0 aliphatic heterocycles. The smallest absolute Gasteiger partial charge is 0.146 e. The second-order valence-corrected chi connectivity index (χ2v) is 14.3. The van der Waals surface area contributed by atoms with Crippen LogP contribution in [0.15, 0.2) is 170 Å². The Bertz CT molecular complexity index is 3580. The number of anilines is 3. The van der Waals surface area contributed by atoms with Crippen molar-refractivity contribution < 1.29 is 0 Å². The van der Waals surface area contributed by atoms with Gasteiger partial charge in [-0.2, -0.15) is 0 Å². The molecule has 0 amide bonds. The molecule has 4 nitrogen and oxygen atoms in total. The van der Waals surface area contributed by atoms with E-state index in [4.69, 9.17) is 4.98 Å². The van der Waals surface area contributed by atoms with Crippen LogP contribution >= 0.6 is 0 Å². The van der Waals surface area contributed by atoms with Gasteiger partial charge in [0.1, 0.15) is 5.65 Å². The van der Waals surface area contributed by atoms with Gasteiger partial charge in [0.2, 0.25) is 0 Å². The fourth-order valence-electron chi connectivity index (χ4n) is 9.58. The first kappa shape index (κ1) is 27.5. The zero-order valence-corrected chi connectivity index (χ0v) is 28.5. The van der Waals surface area contributed by atoms with Crippen molar-refractivity contribution in [3.05, 3.63) is 170 Å². The van der Waals surface area contributed by atoms with E-state index in [-0.39, 0.29) is 0 Å². The first-order chi connectivity index (χ1) is 26.3. The number of hydrogen-bond acceptors (Lipinski definition) is 2. The number of hydrogen-bond donors (Lipinski definition) is 0. The van der Waals surface area contributed by atoms with Gasteiger partial charge in [-0.15, -0.1) is 0 Å². The van der Waals surface area contributed by atoms with Gasteiger partial charge in [-0.05, 0) is 64.7 Å². The van der Waals surface area contributed by atoms with E-state index in [0.29, 0.717) is 0 Å². The summed E-state index contributed by atoms with van der Waals surface area (Å²) in [6.45, 7) is 0. The Labute approximate surface area is 302 Å². The van der Waals surface area contributed by atoms with E-state index >= 15 is 0 Å². The van der Waals surface area contributed by atoms with Crippen molar-refractivity contribution in [1.82, 2.24) is 13.8 Å². The third-order valence-corrected chi connectivity index (χ3v) is 11.7. The molecule has 0 fully saturated rings. The summed E-state index contributed by atoms with van der Waals surface area (Å²) in [6.07, 6.45) is 0. The molecule has 0 saturated carbocycles. The molecule has 0 radical (unpaired) electrons. The third kappa shape index (κ3) is 3.39. The second-order valence-electron chi connectivity index (χ2n) is 14.3.